The minimum absolute atomic E-state index is 0.0963. The zero-order chi connectivity index (χ0) is 14.0. The number of rotatable bonds is 3. The number of hydrogen-bond acceptors (Lipinski definition) is 4. The van der Waals surface area contributed by atoms with Crippen LogP contribution in [0.1, 0.15) is 16.2 Å². The fourth-order valence-electron chi connectivity index (χ4n) is 1.30. The first-order valence-corrected chi connectivity index (χ1v) is 4.99. The van der Waals surface area contributed by atoms with E-state index >= 15 is 0 Å². The topological polar surface area (TPSA) is 75.4 Å². The summed E-state index contributed by atoms with van der Waals surface area (Å²) < 4.78 is 41.7. The van der Waals surface area contributed by atoms with Gasteiger partial charge in [0.25, 0.3) is 0 Å². The Bertz CT molecular complexity index is 590. The Labute approximate surface area is 104 Å². The number of pyridine rings is 1. The van der Waals surface area contributed by atoms with Crippen molar-refractivity contribution in [1.82, 2.24) is 4.98 Å². The smallest absolute Gasteiger partial charge is 0.433 e. The number of carboxylic acid groups (broad SMARTS) is 1. The fourth-order valence-corrected chi connectivity index (χ4v) is 1.30. The lowest BCUT2D eigenvalue weighted by atomic mass is 10.3. The average molecular weight is 272 g/mol. The normalized spacial score (nSPS) is 11.3. The van der Waals surface area contributed by atoms with Gasteiger partial charge in [-0.1, -0.05) is 0 Å². The van der Waals surface area contributed by atoms with E-state index in [0.717, 1.165) is 12.3 Å². The fraction of sp³-hybridized carbons (Fsp3) is 0.0909. The van der Waals surface area contributed by atoms with E-state index < -0.39 is 17.8 Å². The van der Waals surface area contributed by atoms with Crippen LogP contribution in [0.5, 0.6) is 0 Å². The van der Waals surface area contributed by atoms with Crippen LogP contribution in [0.3, 0.4) is 0 Å². The van der Waals surface area contributed by atoms with E-state index in [1.807, 2.05) is 0 Å². The third-order valence-corrected chi connectivity index (χ3v) is 2.14. The number of carbonyl (C=O) groups is 1. The number of anilines is 2. The van der Waals surface area contributed by atoms with Gasteiger partial charge in [0.2, 0.25) is 5.76 Å². The number of aromatic carboxylic acids is 1. The van der Waals surface area contributed by atoms with Gasteiger partial charge < -0.3 is 14.8 Å². The van der Waals surface area contributed by atoms with E-state index in [4.69, 9.17) is 9.52 Å². The van der Waals surface area contributed by atoms with Crippen LogP contribution in [0.15, 0.2) is 34.9 Å². The summed E-state index contributed by atoms with van der Waals surface area (Å²) >= 11 is 0. The highest BCUT2D eigenvalue weighted by atomic mass is 19.4. The number of furan rings is 1. The summed E-state index contributed by atoms with van der Waals surface area (Å²) in [5, 5.41) is 11.2. The summed E-state index contributed by atoms with van der Waals surface area (Å²) in [6.45, 7) is 0. The summed E-state index contributed by atoms with van der Waals surface area (Å²) in [7, 11) is 0. The highest BCUT2D eigenvalue weighted by Gasteiger charge is 2.32. The minimum atomic E-state index is -4.50. The first-order chi connectivity index (χ1) is 8.86. The van der Waals surface area contributed by atoms with Crippen molar-refractivity contribution in [2.75, 3.05) is 5.32 Å². The zero-order valence-corrected chi connectivity index (χ0v) is 9.23. The standard InChI is InChI=1S/C11H7F3N2O3/c12-11(13,14)8-3-1-6(5-15-8)16-9-4-2-7(19-9)10(17)18/h1-5,16H,(H,17,18). The monoisotopic (exact) mass is 272 g/mol. The molecule has 0 fully saturated rings. The Morgan fingerprint density at radius 1 is 1.26 bits per heavy atom. The maximum Gasteiger partial charge on any atom is 0.433 e. The van der Waals surface area contributed by atoms with Gasteiger partial charge >= 0.3 is 12.1 Å². The molecule has 8 heteroatoms. The minimum Gasteiger partial charge on any atom is -0.475 e. The number of hydrogen-bond donors (Lipinski definition) is 2. The van der Waals surface area contributed by atoms with E-state index in [9.17, 15) is 18.0 Å². The molecular weight excluding hydrogens is 265 g/mol. The molecule has 100 valence electrons. The molecule has 0 aliphatic carbocycles. The summed E-state index contributed by atoms with van der Waals surface area (Å²) in [4.78, 5) is 13.8. The largest absolute Gasteiger partial charge is 0.475 e. The lowest BCUT2D eigenvalue weighted by Crippen LogP contribution is -2.07. The predicted molar refractivity (Wildman–Crippen MR) is 58.2 cm³/mol. The molecule has 0 aromatic carbocycles. The Hall–Kier alpha value is -2.51. The van der Waals surface area contributed by atoms with E-state index in [-0.39, 0.29) is 17.3 Å². The van der Waals surface area contributed by atoms with Gasteiger partial charge in [-0.25, -0.2) is 9.78 Å². The molecule has 0 amide bonds. The Balaban J connectivity index is 2.13. The maximum atomic E-state index is 12.3. The van der Waals surface area contributed by atoms with E-state index in [1.165, 1.54) is 18.2 Å². The molecule has 2 aromatic heterocycles. The molecule has 0 radical (unpaired) electrons. The van der Waals surface area contributed by atoms with E-state index in [1.54, 1.807) is 0 Å². The number of nitrogens with zero attached hydrogens (tertiary/aromatic N) is 1. The van der Waals surface area contributed by atoms with Gasteiger partial charge in [-0.2, -0.15) is 13.2 Å². The summed E-state index contributed by atoms with van der Waals surface area (Å²) in [6, 6.07) is 4.55. The summed E-state index contributed by atoms with van der Waals surface area (Å²) in [5.74, 6) is -1.42. The van der Waals surface area contributed by atoms with Gasteiger partial charge in [0, 0.05) is 6.07 Å². The zero-order valence-electron chi connectivity index (χ0n) is 9.23. The van der Waals surface area contributed by atoms with Gasteiger partial charge in [-0.15, -0.1) is 0 Å². The Kier molecular flexibility index (Phi) is 3.16. The Morgan fingerprint density at radius 3 is 2.47 bits per heavy atom. The van der Waals surface area contributed by atoms with Crippen LogP contribution < -0.4 is 5.32 Å². The van der Waals surface area contributed by atoms with Crippen molar-refractivity contribution in [3.05, 3.63) is 41.9 Å². The van der Waals surface area contributed by atoms with E-state index in [0.29, 0.717) is 0 Å². The number of alkyl halides is 3. The second-order valence-electron chi connectivity index (χ2n) is 3.52. The quantitative estimate of drug-likeness (QED) is 0.897. The molecular formula is C11H7F3N2O3. The van der Waals surface area contributed by atoms with Crippen LogP contribution in [0, 0.1) is 0 Å². The SMILES string of the molecule is O=C(O)c1ccc(Nc2ccc(C(F)(F)F)nc2)o1. The van der Waals surface area contributed by atoms with Crippen molar-refractivity contribution >= 4 is 17.5 Å². The molecule has 0 unspecified atom stereocenters. The van der Waals surface area contributed by atoms with Crippen LogP contribution in [0.4, 0.5) is 24.7 Å². The second-order valence-corrected chi connectivity index (χ2v) is 3.52. The lowest BCUT2D eigenvalue weighted by molar-refractivity contribution is -0.141. The van der Waals surface area contributed by atoms with Crippen LogP contribution >= 0.6 is 0 Å². The number of halogens is 3. The molecule has 2 heterocycles. The third kappa shape index (κ3) is 3.03. The van der Waals surface area contributed by atoms with Crippen LogP contribution in [-0.4, -0.2) is 16.1 Å². The van der Waals surface area contributed by atoms with Gasteiger partial charge in [0.15, 0.2) is 5.88 Å². The second kappa shape index (κ2) is 4.63. The van der Waals surface area contributed by atoms with Gasteiger partial charge in [0.05, 0.1) is 11.9 Å². The van der Waals surface area contributed by atoms with Crippen LogP contribution in [0.25, 0.3) is 0 Å². The summed E-state index contributed by atoms with van der Waals surface area (Å²) in [5.41, 5.74) is -0.761. The van der Waals surface area contributed by atoms with Crippen molar-refractivity contribution in [1.29, 1.82) is 0 Å². The van der Waals surface area contributed by atoms with Crippen LogP contribution in [-0.2, 0) is 6.18 Å². The van der Waals surface area contributed by atoms with Gasteiger partial charge in [-0.3, -0.25) is 0 Å². The first kappa shape index (κ1) is 12.9. The molecule has 0 bridgehead atoms. The van der Waals surface area contributed by atoms with Crippen molar-refractivity contribution in [3.63, 3.8) is 0 Å². The Morgan fingerprint density at radius 2 is 2.00 bits per heavy atom. The van der Waals surface area contributed by atoms with Crippen molar-refractivity contribution < 1.29 is 27.5 Å². The molecule has 0 atom stereocenters. The number of carboxylic acids is 1. The maximum absolute atomic E-state index is 12.3. The molecule has 0 aliphatic rings. The van der Waals surface area contributed by atoms with Crippen molar-refractivity contribution in [3.8, 4) is 0 Å². The predicted octanol–water partition coefficient (Wildman–Crippen LogP) is 3.14. The van der Waals surface area contributed by atoms with E-state index in [2.05, 4.69) is 10.3 Å². The molecule has 0 saturated heterocycles. The molecule has 0 aliphatic heterocycles. The highest BCUT2D eigenvalue weighted by molar-refractivity contribution is 5.85. The van der Waals surface area contributed by atoms with Crippen LogP contribution in [0.2, 0.25) is 0 Å². The molecule has 2 aromatic rings. The van der Waals surface area contributed by atoms with Gasteiger partial charge in [0.1, 0.15) is 5.69 Å². The molecule has 0 saturated carbocycles. The van der Waals surface area contributed by atoms with Crippen molar-refractivity contribution in [2.24, 2.45) is 0 Å². The average Bonchev–Trinajstić information content (AvgIpc) is 2.77. The molecule has 0 spiro atoms. The number of aromatic nitrogens is 1. The lowest BCUT2D eigenvalue weighted by Gasteiger charge is -2.06. The number of nitrogens with one attached hydrogen (secondary N) is 1. The molecule has 2 rings (SSSR count). The molecule has 5 nitrogen and oxygen atoms in total. The van der Waals surface area contributed by atoms with Gasteiger partial charge in [-0.05, 0) is 18.2 Å². The highest BCUT2D eigenvalue weighted by Crippen LogP contribution is 2.28. The van der Waals surface area contributed by atoms with Crippen molar-refractivity contribution in [2.45, 2.75) is 6.18 Å². The molecule has 19 heavy (non-hydrogen) atoms. The third-order valence-electron chi connectivity index (χ3n) is 2.14. The molecule has 2 N–H and O–H groups in total. The first-order valence-electron chi connectivity index (χ1n) is 4.99. The summed E-state index contributed by atoms with van der Waals surface area (Å²) in [6.07, 6.45) is -3.52.